The molecule has 1 aliphatic carbocycles. The Labute approximate surface area is 178 Å². The summed E-state index contributed by atoms with van der Waals surface area (Å²) < 4.78 is 0. The molecule has 0 unspecified atom stereocenters. The minimum atomic E-state index is -0.322. The molecule has 0 N–H and O–H groups in total. The lowest BCUT2D eigenvalue weighted by molar-refractivity contribution is 0.765. The molecule has 1 aliphatic rings. The predicted octanol–water partition coefficient (Wildman–Crippen LogP) is 7.26. The molecular weight excluding hydrogens is 368 g/mol. The molecule has 1 heteroatoms. The average Bonchev–Trinajstić information content (AvgIpc) is 2.99. The van der Waals surface area contributed by atoms with Gasteiger partial charge < -0.3 is 0 Å². The third-order valence-electron chi connectivity index (χ3n) is 6.23. The number of rotatable bonds is 2. The first-order valence-electron chi connectivity index (χ1n) is 10.1. The fourth-order valence-corrected chi connectivity index (χ4v) is 5.00. The van der Waals surface area contributed by atoms with E-state index in [0.717, 1.165) is 4.90 Å². The van der Waals surface area contributed by atoms with E-state index in [2.05, 4.69) is 118 Å². The molecule has 29 heavy (non-hydrogen) atoms. The second-order valence-corrected chi connectivity index (χ2v) is 8.78. The number of thiol groups is 1. The number of fused-ring (bicyclic) bond motifs is 3. The van der Waals surface area contributed by atoms with Crippen LogP contribution in [0.4, 0.5) is 0 Å². The molecule has 4 aromatic carbocycles. The zero-order valence-corrected chi connectivity index (χ0v) is 17.9. The highest BCUT2D eigenvalue weighted by Crippen LogP contribution is 2.56. The van der Waals surface area contributed by atoms with Crippen LogP contribution in [0.5, 0.6) is 0 Å². The van der Waals surface area contributed by atoms with Crippen LogP contribution in [0.15, 0.2) is 89.8 Å². The first-order valence-corrected chi connectivity index (χ1v) is 10.5. The Hall–Kier alpha value is -2.77. The van der Waals surface area contributed by atoms with Crippen LogP contribution in [-0.2, 0) is 5.41 Å². The Morgan fingerprint density at radius 1 is 0.517 bits per heavy atom. The molecule has 4 aromatic rings. The summed E-state index contributed by atoms with van der Waals surface area (Å²) in [5, 5.41) is 0. The van der Waals surface area contributed by atoms with Gasteiger partial charge in [-0.2, -0.15) is 0 Å². The van der Waals surface area contributed by atoms with Gasteiger partial charge >= 0.3 is 0 Å². The van der Waals surface area contributed by atoms with Gasteiger partial charge in [0, 0.05) is 4.90 Å². The number of hydrogen-bond donors (Lipinski definition) is 1. The van der Waals surface area contributed by atoms with Crippen LogP contribution in [0.1, 0.15) is 38.9 Å². The predicted molar refractivity (Wildman–Crippen MR) is 125 cm³/mol. The zero-order chi connectivity index (χ0) is 20.2. The molecule has 0 atom stereocenters. The largest absolute Gasteiger partial charge is 0.143 e. The lowest BCUT2D eigenvalue weighted by atomic mass is 9.67. The molecule has 0 radical (unpaired) electrons. The smallest absolute Gasteiger partial charge is 0.0713 e. The van der Waals surface area contributed by atoms with Crippen LogP contribution in [0.25, 0.3) is 11.1 Å². The van der Waals surface area contributed by atoms with Gasteiger partial charge in [0.15, 0.2) is 0 Å². The van der Waals surface area contributed by atoms with E-state index in [1.54, 1.807) is 0 Å². The molecular formula is C28H24S. The maximum Gasteiger partial charge on any atom is 0.0713 e. The Balaban J connectivity index is 1.97. The van der Waals surface area contributed by atoms with Gasteiger partial charge in [-0.25, -0.2) is 0 Å². The summed E-state index contributed by atoms with van der Waals surface area (Å²) in [5.74, 6) is 0. The summed E-state index contributed by atoms with van der Waals surface area (Å²) >= 11 is 4.55. The fourth-order valence-electron chi connectivity index (χ4n) is 4.86. The molecule has 0 heterocycles. The van der Waals surface area contributed by atoms with Gasteiger partial charge in [0.2, 0.25) is 0 Å². The quantitative estimate of drug-likeness (QED) is 0.300. The third kappa shape index (κ3) is 2.68. The van der Waals surface area contributed by atoms with Gasteiger partial charge in [0.25, 0.3) is 0 Å². The van der Waals surface area contributed by atoms with Gasteiger partial charge in [0.1, 0.15) is 0 Å². The van der Waals surface area contributed by atoms with E-state index in [4.69, 9.17) is 0 Å². The summed E-state index contributed by atoms with van der Waals surface area (Å²) in [7, 11) is 0. The highest BCUT2D eigenvalue weighted by Gasteiger charge is 2.46. The van der Waals surface area contributed by atoms with E-state index in [-0.39, 0.29) is 5.41 Å². The molecule has 142 valence electrons. The lowest BCUT2D eigenvalue weighted by Crippen LogP contribution is -2.28. The SMILES string of the molecule is Cc1ccc(C2(c3ccc(S)cc3)c3cc(C)ccc3-c3ccc(C)cc32)cc1. The van der Waals surface area contributed by atoms with Crippen molar-refractivity contribution in [3.8, 4) is 11.1 Å². The lowest BCUT2D eigenvalue weighted by Gasteiger charge is -2.34. The summed E-state index contributed by atoms with van der Waals surface area (Å²) in [4.78, 5) is 0.986. The highest BCUT2D eigenvalue weighted by atomic mass is 32.1. The van der Waals surface area contributed by atoms with Gasteiger partial charge in [-0.1, -0.05) is 89.5 Å². The van der Waals surface area contributed by atoms with E-state index in [9.17, 15) is 0 Å². The van der Waals surface area contributed by atoms with Crippen molar-refractivity contribution in [2.45, 2.75) is 31.1 Å². The molecule has 0 nitrogen and oxygen atoms in total. The topological polar surface area (TPSA) is 0 Å². The fraction of sp³-hybridized carbons (Fsp3) is 0.143. The molecule has 0 saturated carbocycles. The monoisotopic (exact) mass is 392 g/mol. The molecule has 0 amide bonds. The maximum absolute atomic E-state index is 4.55. The van der Waals surface area contributed by atoms with Crippen LogP contribution in [0, 0.1) is 20.8 Å². The van der Waals surface area contributed by atoms with Crippen molar-refractivity contribution in [1.82, 2.24) is 0 Å². The molecule has 0 fully saturated rings. The minimum absolute atomic E-state index is 0.322. The van der Waals surface area contributed by atoms with Crippen LogP contribution in [-0.4, -0.2) is 0 Å². The van der Waals surface area contributed by atoms with Crippen LogP contribution in [0.3, 0.4) is 0 Å². The Morgan fingerprint density at radius 3 is 1.41 bits per heavy atom. The molecule has 0 spiro atoms. The van der Waals surface area contributed by atoms with Crippen LogP contribution >= 0.6 is 12.6 Å². The van der Waals surface area contributed by atoms with Crippen molar-refractivity contribution in [2.75, 3.05) is 0 Å². The first-order chi connectivity index (χ1) is 14.0. The maximum atomic E-state index is 4.55. The Morgan fingerprint density at radius 2 is 0.931 bits per heavy atom. The Bertz CT molecular complexity index is 1120. The van der Waals surface area contributed by atoms with Gasteiger partial charge in [-0.3, -0.25) is 0 Å². The van der Waals surface area contributed by atoms with Crippen molar-refractivity contribution in [3.63, 3.8) is 0 Å². The average molecular weight is 393 g/mol. The summed E-state index contributed by atoms with van der Waals surface area (Å²) in [6, 6.07) is 31.5. The van der Waals surface area contributed by atoms with Gasteiger partial charge in [-0.05, 0) is 66.3 Å². The van der Waals surface area contributed by atoms with E-state index < -0.39 is 0 Å². The second kappa shape index (κ2) is 6.64. The number of hydrogen-bond acceptors (Lipinski definition) is 1. The molecule has 0 aromatic heterocycles. The van der Waals surface area contributed by atoms with Crippen LogP contribution < -0.4 is 0 Å². The molecule has 0 saturated heterocycles. The van der Waals surface area contributed by atoms with Crippen molar-refractivity contribution in [2.24, 2.45) is 0 Å². The van der Waals surface area contributed by atoms with Crippen molar-refractivity contribution < 1.29 is 0 Å². The van der Waals surface area contributed by atoms with E-state index in [0.29, 0.717) is 0 Å². The standard InChI is InChI=1S/C28H24S/c1-18-4-8-21(9-5-18)28(22-10-12-23(29)13-11-22)26-16-19(2)6-14-24(26)25-15-7-20(3)17-27(25)28/h4-17,29H,1-3H3. The van der Waals surface area contributed by atoms with Crippen LogP contribution in [0.2, 0.25) is 0 Å². The second-order valence-electron chi connectivity index (χ2n) is 8.26. The van der Waals surface area contributed by atoms with Gasteiger partial charge in [-0.15, -0.1) is 12.6 Å². The van der Waals surface area contributed by atoms with E-state index in [1.807, 2.05) is 0 Å². The zero-order valence-electron chi connectivity index (χ0n) is 17.0. The molecule has 5 rings (SSSR count). The summed E-state index contributed by atoms with van der Waals surface area (Å²) in [5.41, 5.74) is 11.5. The van der Waals surface area contributed by atoms with Crippen molar-refractivity contribution in [3.05, 3.63) is 124 Å². The minimum Gasteiger partial charge on any atom is -0.143 e. The highest BCUT2D eigenvalue weighted by molar-refractivity contribution is 7.80. The molecule has 0 bridgehead atoms. The third-order valence-corrected chi connectivity index (χ3v) is 6.53. The van der Waals surface area contributed by atoms with E-state index >= 15 is 0 Å². The van der Waals surface area contributed by atoms with Crippen molar-refractivity contribution in [1.29, 1.82) is 0 Å². The van der Waals surface area contributed by atoms with Crippen molar-refractivity contribution >= 4 is 12.6 Å². The number of benzene rings is 4. The normalized spacial score (nSPS) is 13.8. The van der Waals surface area contributed by atoms with Gasteiger partial charge in [0.05, 0.1) is 5.41 Å². The van der Waals surface area contributed by atoms with E-state index in [1.165, 1.54) is 50.1 Å². The summed E-state index contributed by atoms with van der Waals surface area (Å²) in [6.45, 7) is 6.52. The molecule has 0 aliphatic heterocycles. The number of aryl methyl sites for hydroxylation is 3. The first kappa shape index (κ1) is 18.3. The Kier molecular flexibility index (Phi) is 4.18. The summed E-state index contributed by atoms with van der Waals surface area (Å²) in [6.07, 6.45) is 0.